The van der Waals surface area contributed by atoms with E-state index in [-0.39, 0.29) is 0 Å². The first-order chi connectivity index (χ1) is 30.2. The number of benzene rings is 10. The van der Waals surface area contributed by atoms with E-state index in [0.717, 1.165) is 44.9 Å². The highest BCUT2D eigenvalue weighted by molar-refractivity contribution is 6.20. The molecule has 0 N–H and O–H groups in total. The van der Waals surface area contributed by atoms with Crippen LogP contribution in [0, 0.1) is 0 Å². The molecule has 0 atom stereocenters. The molecule has 3 nitrogen and oxygen atoms in total. The molecule has 284 valence electrons. The smallest absolute Gasteiger partial charge is 0.160 e. The van der Waals surface area contributed by atoms with Crippen LogP contribution in [0.2, 0.25) is 0 Å². The minimum absolute atomic E-state index is 0.685. The molecule has 0 saturated heterocycles. The van der Waals surface area contributed by atoms with Crippen molar-refractivity contribution in [3.05, 3.63) is 224 Å². The fourth-order valence-corrected chi connectivity index (χ4v) is 9.26. The fraction of sp³-hybridized carbons (Fsp3) is 0. The zero-order valence-electron chi connectivity index (χ0n) is 33.2. The highest BCUT2D eigenvalue weighted by atomic mass is 15.0. The second-order valence-electron chi connectivity index (χ2n) is 15.8. The molecule has 0 spiro atoms. The lowest BCUT2D eigenvalue weighted by atomic mass is 9.89. The molecule has 0 bridgehead atoms. The SMILES string of the molecule is c1ccc(-c2cccc(-c3cc(-c4ccc(-n5c6ccccc6c6ccccc65)cc4)nc(-c4ccc(-c5c6ccccc6cc6c5ccc5ccccc56)cc4)n3)c2)cc1. The van der Waals surface area contributed by atoms with E-state index < -0.39 is 0 Å². The Hall–Kier alpha value is -8.14. The Labute approximate surface area is 353 Å². The van der Waals surface area contributed by atoms with Crippen molar-refractivity contribution in [2.45, 2.75) is 0 Å². The van der Waals surface area contributed by atoms with Crippen molar-refractivity contribution in [1.29, 1.82) is 0 Å². The van der Waals surface area contributed by atoms with E-state index >= 15 is 0 Å². The Bertz CT molecular complexity index is 3570. The van der Waals surface area contributed by atoms with Gasteiger partial charge in [-0.2, -0.15) is 0 Å². The van der Waals surface area contributed by atoms with Gasteiger partial charge in [-0.15, -0.1) is 0 Å². The highest BCUT2D eigenvalue weighted by Gasteiger charge is 2.16. The van der Waals surface area contributed by atoms with Crippen LogP contribution in [0.3, 0.4) is 0 Å². The van der Waals surface area contributed by atoms with Crippen molar-refractivity contribution in [2.24, 2.45) is 0 Å². The Morgan fingerprint density at radius 1 is 0.279 bits per heavy atom. The molecular weight excluding hydrogens is 739 g/mol. The molecule has 0 aliphatic carbocycles. The van der Waals surface area contributed by atoms with Crippen LogP contribution in [0.1, 0.15) is 0 Å². The lowest BCUT2D eigenvalue weighted by molar-refractivity contribution is 1.17. The lowest BCUT2D eigenvalue weighted by Crippen LogP contribution is -1.97. The average Bonchev–Trinajstić information content (AvgIpc) is 3.68. The van der Waals surface area contributed by atoms with Gasteiger partial charge in [-0.1, -0.05) is 182 Å². The number of fused-ring (bicyclic) bond motifs is 7. The summed E-state index contributed by atoms with van der Waals surface area (Å²) in [6.07, 6.45) is 0. The third kappa shape index (κ3) is 5.98. The molecule has 2 heterocycles. The molecular formula is C58H37N3. The molecule has 0 aliphatic heterocycles. The predicted molar refractivity (Wildman–Crippen MR) is 256 cm³/mol. The van der Waals surface area contributed by atoms with E-state index in [9.17, 15) is 0 Å². The van der Waals surface area contributed by atoms with E-state index in [1.54, 1.807) is 0 Å². The van der Waals surface area contributed by atoms with Gasteiger partial charge in [-0.05, 0) is 97.0 Å². The van der Waals surface area contributed by atoms with Crippen LogP contribution in [-0.4, -0.2) is 14.5 Å². The number of nitrogens with zero attached hydrogens (tertiary/aromatic N) is 3. The zero-order chi connectivity index (χ0) is 40.3. The van der Waals surface area contributed by atoms with Gasteiger partial charge in [0.2, 0.25) is 0 Å². The molecule has 0 radical (unpaired) electrons. The van der Waals surface area contributed by atoms with Crippen molar-refractivity contribution in [2.75, 3.05) is 0 Å². The fourth-order valence-electron chi connectivity index (χ4n) is 9.26. The lowest BCUT2D eigenvalue weighted by Gasteiger charge is -2.15. The first-order valence-electron chi connectivity index (χ1n) is 20.8. The van der Waals surface area contributed by atoms with Crippen molar-refractivity contribution < 1.29 is 0 Å². The summed E-state index contributed by atoms with van der Waals surface area (Å²) in [6.45, 7) is 0. The van der Waals surface area contributed by atoms with Gasteiger partial charge >= 0.3 is 0 Å². The van der Waals surface area contributed by atoms with Gasteiger partial charge in [0, 0.05) is 33.2 Å². The van der Waals surface area contributed by atoms with Crippen molar-refractivity contribution in [1.82, 2.24) is 14.5 Å². The van der Waals surface area contributed by atoms with Crippen LogP contribution in [0.25, 0.3) is 116 Å². The number of para-hydroxylation sites is 2. The molecule has 12 rings (SSSR count). The largest absolute Gasteiger partial charge is 0.309 e. The van der Waals surface area contributed by atoms with Gasteiger partial charge in [0.1, 0.15) is 0 Å². The summed E-state index contributed by atoms with van der Waals surface area (Å²) in [5, 5.41) is 9.98. The number of aromatic nitrogens is 3. The molecule has 0 aliphatic rings. The van der Waals surface area contributed by atoms with Gasteiger partial charge in [0.25, 0.3) is 0 Å². The van der Waals surface area contributed by atoms with E-state index in [4.69, 9.17) is 9.97 Å². The topological polar surface area (TPSA) is 30.7 Å². The van der Waals surface area contributed by atoms with Crippen LogP contribution in [0.4, 0.5) is 0 Å². The first-order valence-corrected chi connectivity index (χ1v) is 20.8. The summed E-state index contributed by atoms with van der Waals surface area (Å²) in [7, 11) is 0. The summed E-state index contributed by atoms with van der Waals surface area (Å²) >= 11 is 0. The van der Waals surface area contributed by atoms with Crippen molar-refractivity contribution in [3.8, 4) is 61.8 Å². The second kappa shape index (κ2) is 14.3. The minimum atomic E-state index is 0.685. The third-order valence-corrected chi connectivity index (χ3v) is 12.2. The summed E-state index contributed by atoms with van der Waals surface area (Å²) in [4.78, 5) is 10.6. The Morgan fingerprint density at radius 2 is 0.836 bits per heavy atom. The van der Waals surface area contributed by atoms with Crippen molar-refractivity contribution in [3.63, 3.8) is 0 Å². The first kappa shape index (κ1) is 34.9. The van der Waals surface area contributed by atoms with Gasteiger partial charge in [-0.25, -0.2) is 9.97 Å². The maximum absolute atomic E-state index is 5.29. The van der Waals surface area contributed by atoms with E-state index in [2.05, 4.69) is 229 Å². The van der Waals surface area contributed by atoms with Gasteiger partial charge < -0.3 is 4.57 Å². The molecule has 0 fully saturated rings. The molecule has 61 heavy (non-hydrogen) atoms. The van der Waals surface area contributed by atoms with Crippen LogP contribution in [0.15, 0.2) is 224 Å². The van der Waals surface area contributed by atoms with E-state index in [1.165, 1.54) is 65.3 Å². The average molecular weight is 776 g/mol. The monoisotopic (exact) mass is 775 g/mol. The molecule has 0 unspecified atom stereocenters. The molecule has 12 aromatic rings. The van der Waals surface area contributed by atoms with Crippen LogP contribution >= 0.6 is 0 Å². The highest BCUT2D eigenvalue weighted by Crippen LogP contribution is 2.40. The minimum Gasteiger partial charge on any atom is -0.309 e. The summed E-state index contributed by atoms with van der Waals surface area (Å²) in [5.41, 5.74) is 13.0. The number of hydrogen-bond acceptors (Lipinski definition) is 2. The molecule has 0 amide bonds. The normalized spacial score (nSPS) is 11.6. The maximum Gasteiger partial charge on any atom is 0.160 e. The predicted octanol–water partition coefficient (Wildman–Crippen LogP) is 15.4. The van der Waals surface area contributed by atoms with Crippen LogP contribution < -0.4 is 0 Å². The van der Waals surface area contributed by atoms with Crippen LogP contribution in [-0.2, 0) is 0 Å². The third-order valence-electron chi connectivity index (χ3n) is 12.2. The number of hydrogen-bond donors (Lipinski definition) is 0. The van der Waals surface area contributed by atoms with Crippen LogP contribution in [0.5, 0.6) is 0 Å². The molecule has 0 saturated carbocycles. The number of rotatable bonds is 6. The molecule has 10 aromatic carbocycles. The van der Waals surface area contributed by atoms with E-state index in [0.29, 0.717) is 5.82 Å². The van der Waals surface area contributed by atoms with Crippen molar-refractivity contribution >= 4 is 54.1 Å². The quantitative estimate of drug-likeness (QED) is 0.124. The second-order valence-corrected chi connectivity index (χ2v) is 15.8. The maximum atomic E-state index is 5.29. The van der Waals surface area contributed by atoms with Gasteiger partial charge in [0.15, 0.2) is 5.82 Å². The Morgan fingerprint density at radius 3 is 1.57 bits per heavy atom. The zero-order valence-corrected chi connectivity index (χ0v) is 33.2. The summed E-state index contributed by atoms with van der Waals surface area (Å²) < 4.78 is 2.35. The van der Waals surface area contributed by atoms with E-state index in [1.807, 2.05) is 0 Å². The Kier molecular flexibility index (Phi) is 8.17. The standard InChI is InChI=1S/C58H37N3/c1-2-13-38(14-3-1)43-17-12-18-45(35-43)54-37-53(40-29-32-46(33-30-40)61-55-23-10-8-21-49(55)50-22-9-11-24-56(50)61)59-58(60-54)42-27-25-41(26-28-42)57-48-20-7-5-16-44(48)36-52-47-19-6-4-15-39(47)31-34-51(52)57/h1-37H. The Balaban J connectivity index is 0.992. The van der Waals surface area contributed by atoms with Gasteiger partial charge in [0.05, 0.1) is 22.4 Å². The summed E-state index contributed by atoms with van der Waals surface area (Å²) in [6, 6.07) is 80.4. The van der Waals surface area contributed by atoms with Gasteiger partial charge in [-0.3, -0.25) is 0 Å². The molecule has 2 aromatic heterocycles. The summed E-state index contributed by atoms with van der Waals surface area (Å²) in [5.74, 6) is 0.685. The molecule has 3 heteroatoms.